The first kappa shape index (κ1) is 15.6. The van der Waals surface area contributed by atoms with Gasteiger partial charge in [-0.15, -0.1) is 0 Å². The number of aryl methyl sites for hydroxylation is 1. The van der Waals surface area contributed by atoms with Crippen molar-refractivity contribution >= 4 is 22.8 Å². The van der Waals surface area contributed by atoms with Crippen molar-refractivity contribution in [3.05, 3.63) is 76.5 Å². The van der Waals surface area contributed by atoms with Gasteiger partial charge in [0.1, 0.15) is 23.3 Å². The second kappa shape index (κ2) is 6.09. The van der Waals surface area contributed by atoms with Gasteiger partial charge in [0.05, 0.1) is 5.56 Å². The quantitative estimate of drug-likeness (QED) is 0.437. The van der Waals surface area contributed by atoms with Gasteiger partial charge in [-0.05, 0) is 31.2 Å². The maximum atomic E-state index is 13.8. The predicted octanol–water partition coefficient (Wildman–Crippen LogP) is 4.54. The van der Waals surface area contributed by atoms with Gasteiger partial charge in [-0.1, -0.05) is 24.3 Å². The third-order valence-corrected chi connectivity index (χ3v) is 3.77. The molecule has 0 unspecified atom stereocenters. The van der Waals surface area contributed by atoms with Crippen molar-refractivity contribution in [2.45, 2.75) is 6.92 Å². The van der Waals surface area contributed by atoms with Crippen LogP contribution in [0.4, 0.5) is 8.78 Å². The first-order valence-electron chi connectivity index (χ1n) is 7.20. The van der Waals surface area contributed by atoms with Crippen LogP contribution in [0.3, 0.4) is 0 Å². The summed E-state index contributed by atoms with van der Waals surface area (Å²) in [5, 5.41) is 9.97. The Hall–Kier alpha value is -3.26. The lowest BCUT2D eigenvalue weighted by Crippen LogP contribution is -2.04. The third-order valence-electron chi connectivity index (χ3n) is 3.77. The summed E-state index contributed by atoms with van der Waals surface area (Å²) in [6.45, 7) is 1.71. The minimum atomic E-state index is -0.828. The zero-order chi connectivity index (χ0) is 17.3. The van der Waals surface area contributed by atoms with Crippen LogP contribution < -0.4 is 0 Å². The highest BCUT2D eigenvalue weighted by Crippen LogP contribution is 2.26. The van der Waals surface area contributed by atoms with E-state index in [1.807, 2.05) is 12.1 Å². The van der Waals surface area contributed by atoms with Crippen molar-refractivity contribution in [2.24, 2.45) is 0 Å². The van der Waals surface area contributed by atoms with Crippen LogP contribution >= 0.6 is 0 Å². The van der Waals surface area contributed by atoms with Gasteiger partial charge in [0.15, 0.2) is 0 Å². The van der Waals surface area contributed by atoms with E-state index in [1.54, 1.807) is 25.1 Å². The molecule has 3 rings (SSSR count). The fourth-order valence-electron chi connectivity index (χ4n) is 2.65. The first-order valence-corrected chi connectivity index (χ1v) is 7.20. The fourth-order valence-corrected chi connectivity index (χ4v) is 2.65. The lowest BCUT2D eigenvalue weighted by Gasteiger charge is -2.02. The Morgan fingerprint density at radius 1 is 1.12 bits per heavy atom. The largest absolute Gasteiger partial charge is 0.358 e. The third kappa shape index (κ3) is 2.59. The van der Waals surface area contributed by atoms with Gasteiger partial charge in [-0.25, -0.2) is 8.78 Å². The number of fused-ring (bicyclic) bond motifs is 1. The van der Waals surface area contributed by atoms with Crippen molar-refractivity contribution in [2.75, 3.05) is 0 Å². The molecule has 0 bridgehead atoms. The SMILES string of the molecule is Cc1[nH]c2ccccc2c1C(=O)/C(C#N)=C/c1c(F)cccc1F. The van der Waals surface area contributed by atoms with E-state index in [9.17, 15) is 18.8 Å². The summed E-state index contributed by atoms with van der Waals surface area (Å²) in [4.78, 5) is 15.8. The van der Waals surface area contributed by atoms with Gasteiger partial charge < -0.3 is 4.98 Å². The number of ketones is 1. The van der Waals surface area contributed by atoms with Crippen molar-refractivity contribution in [1.82, 2.24) is 4.98 Å². The second-order valence-electron chi connectivity index (χ2n) is 5.30. The Morgan fingerprint density at radius 3 is 2.46 bits per heavy atom. The van der Waals surface area contributed by atoms with Crippen LogP contribution in [0.5, 0.6) is 0 Å². The number of carbonyl (C=O) groups excluding carboxylic acids is 1. The zero-order valence-electron chi connectivity index (χ0n) is 12.7. The molecule has 1 N–H and O–H groups in total. The van der Waals surface area contributed by atoms with Gasteiger partial charge in [0, 0.05) is 22.2 Å². The molecule has 3 aromatic rings. The molecular weight excluding hydrogens is 310 g/mol. The number of carbonyl (C=O) groups is 1. The molecule has 0 aliphatic rings. The molecule has 1 aromatic heterocycles. The number of nitrogens with zero attached hydrogens (tertiary/aromatic N) is 1. The lowest BCUT2D eigenvalue weighted by molar-refractivity contribution is 0.104. The number of hydrogen-bond donors (Lipinski definition) is 1. The molecular formula is C19H12F2N2O. The van der Waals surface area contributed by atoms with Crippen LogP contribution in [0.25, 0.3) is 17.0 Å². The molecule has 0 spiro atoms. The van der Waals surface area contributed by atoms with Crippen LogP contribution in [0.15, 0.2) is 48.0 Å². The molecule has 0 saturated carbocycles. The molecule has 0 aliphatic heterocycles. The van der Waals surface area contributed by atoms with Gasteiger partial charge in [0.2, 0.25) is 5.78 Å². The monoisotopic (exact) mass is 322 g/mol. The number of aromatic amines is 1. The van der Waals surface area contributed by atoms with E-state index in [0.717, 1.165) is 23.7 Å². The Balaban J connectivity index is 2.15. The van der Waals surface area contributed by atoms with Gasteiger partial charge in [-0.2, -0.15) is 5.26 Å². The normalized spacial score (nSPS) is 11.5. The number of para-hydroxylation sites is 1. The highest BCUT2D eigenvalue weighted by Gasteiger charge is 2.20. The number of nitriles is 1. The van der Waals surface area contributed by atoms with Crippen LogP contribution in [0.2, 0.25) is 0 Å². The van der Waals surface area contributed by atoms with Crippen LogP contribution in [0.1, 0.15) is 21.6 Å². The lowest BCUT2D eigenvalue weighted by atomic mass is 9.99. The standard InChI is InChI=1S/C19H12F2N2O/c1-11-18(13-5-2-3-8-17(13)23-11)19(24)12(10-22)9-14-15(20)6-4-7-16(14)21/h2-9,23H,1H3/b12-9+. The molecule has 0 atom stereocenters. The number of nitrogens with one attached hydrogen (secondary N) is 1. The molecule has 24 heavy (non-hydrogen) atoms. The Kier molecular flexibility index (Phi) is 3.97. The van der Waals surface area contributed by atoms with Gasteiger partial charge in [0.25, 0.3) is 0 Å². The number of H-pyrrole nitrogens is 1. The highest BCUT2D eigenvalue weighted by atomic mass is 19.1. The van der Waals surface area contributed by atoms with Crippen molar-refractivity contribution in [3.63, 3.8) is 0 Å². The molecule has 0 amide bonds. The number of rotatable bonds is 3. The topological polar surface area (TPSA) is 56.6 Å². The summed E-state index contributed by atoms with van der Waals surface area (Å²) < 4.78 is 27.5. The smallest absolute Gasteiger partial charge is 0.205 e. The van der Waals surface area contributed by atoms with E-state index in [2.05, 4.69) is 4.98 Å². The summed E-state index contributed by atoms with van der Waals surface area (Å²) in [5.74, 6) is -2.23. The van der Waals surface area contributed by atoms with Crippen molar-refractivity contribution in [1.29, 1.82) is 5.26 Å². The Labute approximate surface area is 136 Å². The van der Waals surface area contributed by atoms with E-state index in [0.29, 0.717) is 16.6 Å². The molecule has 118 valence electrons. The number of Topliss-reactive ketones (excluding diaryl/α,β-unsaturated/α-hetero) is 1. The minimum absolute atomic E-state index is 0.327. The molecule has 0 radical (unpaired) electrons. The minimum Gasteiger partial charge on any atom is -0.358 e. The second-order valence-corrected chi connectivity index (χ2v) is 5.30. The number of aromatic nitrogens is 1. The van der Waals surface area contributed by atoms with Crippen molar-refractivity contribution in [3.8, 4) is 6.07 Å². The fraction of sp³-hybridized carbons (Fsp3) is 0.0526. The van der Waals surface area contributed by atoms with Crippen molar-refractivity contribution < 1.29 is 13.6 Å². The summed E-state index contributed by atoms with van der Waals surface area (Å²) in [6.07, 6.45) is 0.953. The summed E-state index contributed by atoms with van der Waals surface area (Å²) >= 11 is 0. The van der Waals surface area contributed by atoms with E-state index >= 15 is 0 Å². The van der Waals surface area contributed by atoms with E-state index in [1.165, 1.54) is 6.07 Å². The molecule has 0 fully saturated rings. The van der Waals surface area contributed by atoms with E-state index in [4.69, 9.17) is 0 Å². The summed E-state index contributed by atoms with van der Waals surface area (Å²) in [5.41, 5.74) is 0.950. The number of benzene rings is 2. The van der Waals surface area contributed by atoms with Gasteiger partial charge in [-0.3, -0.25) is 4.79 Å². The molecule has 0 aliphatic carbocycles. The van der Waals surface area contributed by atoms with Crippen LogP contribution in [-0.4, -0.2) is 10.8 Å². The molecule has 3 nitrogen and oxygen atoms in total. The first-order chi connectivity index (χ1) is 11.5. The molecule has 0 saturated heterocycles. The molecule has 2 aromatic carbocycles. The Bertz CT molecular complexity index is 1010. The highest BCUT2D eigenvalue weighted by molar-refractivity contribution is 6.20. The summed E-state index contributed by atoms with van der Waals surface area (Å²) in [7, 11) is 0. The van der Waals surface area contributed by atoms with Crippen LogP contribution in [-0.2, 0) is 0 Å². The molecule has 1 heterocycles. The van der Waals surface area contributed by atoms with E-state index in [-0.39, 0.29) is 5.57 Å². The Morgan fingerprint density at radius 2 is 1.79 bits per heavy atom. The predicted molar refractivity (Wildman–Crippen MR) is 87.3 cm³/mol. The number of halogens is 2. The van der Waals surface area contributed by atoms with Crippen LogP contribution in [0, 0.1) is 29.9 Å². The average Bonchev–Trinajstić information content (AvgIpc) is 2.90. The van der Waals surface area contributed by atoms with E-state index < -0.39 is 23.0 Å². The average molecular weight is 322 g/mol. The maximum Gasteiger partial charge on any atom is 0.205 e. The maximum absolute atomic E-state index is 13.8. The number of allylic oxidation sites excluding steroid dienone is 1. The summed E-state index contributed by atoms with van der Waals surface area (Å²) in [6, 6.07) is 12.3. The number of hydrogen-bond acceptors (Lipinski definition) is 2. The zero-order valence-corrected chi connectivity index (χ0v) is 12.7. The van der Waals surface area contributed by atoms with Gasteiger partial charge >= 0.3 is 0 Å². The molecule has 5 heteroatoms.